The van der Waals surface area contributed by atoms with Gasteiger partial charge in [0.15, 0.2) is 5.96 Å². The van der Waals surface area contributed by atoms with Gasteiger partial charge in [-0.25, -0.2) is 0 Å². The van der Waals surface area contributed by atoms with Crippen LogP contribution in [-0.4, -0.2) is 48.0 Å². The summed E-state index contributed by atoms with van der Waals surface area (Å²) in [5, 5.41) is 4.25. The fourth-order valence-corrected chi connectivity index (χ4v) is 3.58. The van der Waals surface area contributed by atoms with Crippen LogP contribution in [0.15, 0.2) is 27.8 Å². The van der Waals surface area contributed by atoms with Gasteiger partial charge in [-0.15, -0.1) is 0 Å². The normalized spacial score (nSPS) is 19.8. The van der Waals surface area contributed by atoms with Gasteiger partial charge in [0.1, 0.15) is 5.76 Å². The maximum absolute atomic E-state index is 5.38. The monoisotopic (exact) mass is 309 g/mol. The summed E-state index contributed by atoms with van der Waals surface area (Å²) < 4.78 is 5.38. The molecule has 1 aromatic rings. The van der Waals surface area contributed by atoms with Crippen molar-refractivity contribution in [3.05, 3.63) is 24.2 Å². The van der Waals surface area contributed by atoms with Crippen LogP contribution in [-0.2, 0) is 6.42 Å². The first-order valence-corrected chi connectivity index (χ1v) is 9.05. The van der Waals surface area contributed by atoms with Gasteiger partial charge in [-0.1, -0.05) is 13.8 Å². The van der Waals surface area contributed by atoms with Crippen molar-refractivity contribution in [1.82, 2.24) is 10.2 Å². The van der Waals surface area contributed by atoms with Gasteiger partial charge in [-0.05, 0) is 25.0 Å². The fourth-order valence-electron chi connectivity index (χ4n) is 2.40. The largest absolute Gasteiger partial charge is 0.469 e. The average Bonchev–Trinajstić information content (AvgIpc) is 3.04. The minimum absolute atomic E-state index is 0.734. The Balaban J connectivity index is 1.87. The van der Waals surface area contributed by atoms with Crippen molar-refractivity contribution < 1.29 is 4.42 Å². The van der Waals surface area contributed by atoms with Crippen molar-refractivity contribution in [3.8, 4) is 0 Å². The molecule has 0 saturated carbocycles. The first-order valence-electron chi connectivity index (χ1n) is 8.00. The number of rotatable bonds is 6. The van der Waals surface area contributed by atoms with Crippen molar-refractivity contribution in [1.29, 1.82) is 0 Å². The fraction of sp³-hybridized carbons (Fsp3) is 0.688. The maximum Gasteiger partial charge on any atom is 0.193 e. The van der Waals surface area contributed by atoms with Crippen LogP contribution in [0.5, 0.6) is 0 Å². The van der Waals surface area contributed by atoms with Gasteiger partial charge in [0.25, 0.3) is 0 Å². The third-order valence-electron chi connectivity index (χ3n) is 3.61. The van der Waals surface area contributed by atoms with Gasteiger partial charge in [-0.2, -0.15) is 11.8 Å². The number of guanidine groups is 1. The Morgan fingerprint density at radius 2 is 2.43 bits per heavy atom. The molecule has 21 heavy (non-hydrogen) atoms. The Labute approximate surface area is 132 Å². The van der Waals surface area contributed by atoms with E-state index in [2.05, 4.69) is 35.8 Å². The smallest absolute Gasteiger partial charge is 0.193 e. The Morgan fingerprint density at radius 1 is 1.52 bits per heavy atom. The molecule has 1 atom stereocenters. The van der Waals surface area contributed by atoms with E-state index in [-0.39, 0.29) is 0 Å². The zero-order valence-corrected chi connectivity index (χ0v) is 14.0. The van der Waals surface area contributed by atoms with Gasteiger partial charge < -0.3 is 14.6 Å². The predicted octanol–water partition coefficient (Wildman–Crippen LogP) is 3.01. The Morgan fingerprint density at radius 3 is 3.14 bits per heavy atom. The molecular formula is C16H27N3OS. The first-order chi connectivity index (χ1) is 10.3. The molecule has 2 rings (SSSR count). The highest BCUT2D eigenvalue weighted by molar-refractivity contribution is 8.00. The highest BCUT2D eigenvalue weighted by atomic mass is 32.2. The van der Waals surface area contributed by atoms with Gasteiger partial charge in [0.2, 0.25) is 0 Å². The molecule has 0 aliphatic carbocycles. The lowest BCUT2D eigenvalue weighted by Gasteiger charge is -2.34. The van der Waals surface area contributed by atoms with E-state index in [0.29, 0.717) is 0 Å². The Hall–Kier alpha value is -1.10. The molecule has 1 fully saturated rings. The van der Waals surface area contributed by atoms with Gasteiger partial charge in [0.05, 0.1) is 6.26 Å². The average molecular weight is 309 g/mol. The summed E-state index contributed by atoms with van der Waals surface area (Å²) >= 11 is 2.09. The molecule has 0 spiro atoms. The minimum atomic E-state index is 0.734. The lowest BCUT2D eigenvalue weighted by Crippen LogP contribution is -2.48. The molecule has 1 aliphatic heterocycles. The molecule has 0 aromatic carbocycles. The molecule has 1 saturated heterocycles. The summed E-state index contributed by atoms with van der Waals surface area (Å²) in [6.07, 6.45) is 4.95. The van der Waals surface area contributed by atoms with Crippen LogP contribution in [0.4, 0.5) is 0 Å². The number of furan rings is 1. The second kappa shape index (κ2) is 9.03. The van der Waals surface area contributed by atoms with E-state index in [1.165, 1.54) is 12.2 Å². The third-order valence-corrected chi connectivity index (χ3v) is 4.99. The first kappa shape index (κ1) is 16.3. The molecule has 2 heterocycles. The van der Waals surface area contributed by atoms with Crippen LogP contribution in [0.3, 0.4) is 0 Å². The van der Waals surface area contributed by atoms with Crippen molar-refractivity contribution in [2.24, 2.45) is 4.99 Å². The zero-order chi connectivity index (χ0) is 14.9. The van der Waals surface area contributed by atoms with Crippen molar-refractivity contribution in [2.75, 3.05) is 31.9 Å². The molecular weight excluding hydrogens is 282 g/mol. The third kappa shape index (κ3) is 5.30. The lowest BCUT2D eigenvalue weighted by molar-refractivity contribution is 0.406. The van der Waals surface area contributed by atoms with Crippen molar-refractivity contribution >= 4 is 17.7 Å². The van der Waals surface area contributed by atoms with Crippen molar-refractivity contribution in [3.63, 3.8) is 0 Å². The van der Waals surface area contributed by atoms with E-state index < -0.39 is 0 Å². The van der Waals surface area contributed by atoms with Crippen molar-refractivity contribution in [2.45, 2.75) is 38.4 Å². The Bertz CT molecular complexity index is 419. The number of nitrogens with one attached hydrogen (secondary N) is 1. The van der Waals surface area contributed by atoms with Crippen LogP contribution in [0.1, 0.15) is 32.4 Å². The second-order valence-electron chi connectivity index (χ2n) is 5.31. The topological polar surface area (TPSA) is 40.8 Å². The summed E-state index contributed by atoms with van der Waals surface area (Å²) in [6, 6.07) is 3.96. The zero-order valence-electron chi connectivity index (χ0n) is 13.2. The highest BCUT2D eigenvalue weighted by Crippen LogP contribution is 2.21. The predicted molar refractivity (Wildman–Crippen MR) is 91.1 cm³/mol. The number of nitrogens with zero attached hydrogens (tertiary/aromatic N) is 2. The summed E-state index contributed by atoms with van der Waals surface area (Å²) in [5.74, 6) is 3.30. The summed E-state index contributed by atoms with van der Waals surface area (Å²) in [7, 11) is 0. The second-order valence-corrected chi connectivity index (χ2v) is 6.72. The number of hydrogen-bond acceptors (Lipinski definition) is 3. The summed E-state index contributed by atoms with van der Waals surface area (Å²) in [5.41, 5.74) is 0. The van der Waals surface area contributed by atoms with Gasteiger partial charge in [0, 0.05) is 43.6 Å². The standard InChI is InChI=1S/C16H27N3OS/c1-3-8-17-16(18-9-7-14-6-5-11-20-14)19-10-12-21-15(4-2)13-19/h5-6,11,15H,3-4,7-10,12-13H2,1-2H3,(H,17,18). The van der Waals surface area contributed by atoms with E-state index in [1.807, 2.05) is 12.1 Å². The molecule has 1 aromatic heterocycles. The van der Waals surface area contributed by atoms with Gasteiger partial charge >= 0.3 is 0 Å². The van der Waals surface area contributed by atoms with Crippen LogP contribution >= 0.6 is 11.8 Å². The van der Waals surface area contributed by atoms with Crippen LogP contribution in [0.2, 0.25) is 0 Å². The van der Waals surface area contributed by atoms with E-state index in [1.54, 1.807) is 6.26 Å². The van der Waals surface area contributed by atoms with E-state index in [4.69, 9.17) is 9.41 Å². The van der Waals surface area contributed by atoms with Crippen LogP contribution in [0.25, 0.3) is 0 Å². The SMILES string of the molecule is CCCN=C(NCCc1ccco1)N1CCSC(CC)C1. The molecule has 0 radical (unpaired) electrons. The quantitative estimate of drug-likeness (QED) is 0.648. The molecule has 0 amide bonds. The molecule has 5 heteroatoms. The molecule has 1 aliphatic rings. The maximum atomic E-state index is 5.38. The molecule has 1 unspecified atom stereocenters. The summed E-state index contributed by atoms with van der Waals surface area (Å²) in [4.78, 5) is 7.16. The molecule has 1 N–H and O–H groups in total. The summed E-state index contributed by atoms with van der Waals surface area (Å²) in [6.45, 7) is 8.41. The number of thioether (sulfide) groups is 1. The van der Waals surface area contributed by atoms with E-state index in [9.17, 15) is 0 Å². The van der Waals surface area contributed by atoms with Crippen LogP contribution < -0.4 is 5.32 Å². The lowest BCUT2D eigenvalue weighted by atomic mass is 10.3. The molecule has 4 nitrogen and oxygen atoms in total. The van der Waals surface area contributed by atoms with Crippen LogP contribution in [0, 0.1) is 0 Å². The van der Waals surface area contributed by atoms with E-state index in [0.717, 1.165) is 56.0 Å². The minimum Gasteiger partial charge on any atom is -0.469 e. The number of aliphatic imine (C=N–C) groups is 1. The van der Waals surface area contributed by atoms with E-state index >= 15 is 0 Å². The molecule has 118 valence electrons. The number of hydrogen-bond donors (Lipinski definition) is 1. The Kier molecular flexibility index (Phi) is 7.00. The molecule has 0 bridgehead atoms. The highest BCUT2D eigenvalue weighted by Gasteiger charge is 2.21. The van der Waals surface area contributed by atoms with Gasteiger partial charge in [-0.3, -0.25) is 4.99 Å².